The molecule has 3 aliphatic rings. The first-order chi connectivity index (χ1) is 21.5. The highest BCUT2D eigenvalue weighted by Gasteiger charge is 2.55. The van der Waals surface area contributed by atoms with Crippen LogP contribution in [0.2, 0.25) is 10.0 Å². The molecule has 7 N–H and O–H groups in total. The molecule has 0 bridgehead atoms. The van der Waals surface area contributed by atoms with Crippen LogP contribution in [-0.2, 0) is 24.0 Å². The van der Waals surface area contributed by atoms with Gasteiger partial charge in [0.25, 0.3) is 23.6 Å². The van der Waals surface area contributed by atoms with Crippen LogP contribution >= 0.6 is 46.3 Å². The van der Waals surface area contributed by atoms with E-state index in [1.54, 1.807) is 0 Å². The fraction of sp³-hybridized carbons (Fsp3) is 0.280. The predicted molar refractivity (Wildman–Crippen MR) is 161 cm³/mol. The molecule has 0 saturated carbocycles. The number of hydrogen-bond acceptors (Lipinski definition) is 14. The number of anilines is 1. The summed E-state index contributed by atoms with van der Waals surface area (Å²) < 4.78 is 0. The van der Waals surface area contributed by atoms with Gasteiger partial charge in [0.15, 0.2) is 22.3 Å². The number of carboxylic acids is 2. The zero-order valence-electron chi connectivity index (χ0n) is 23.2. The number of benzene rings is 1. The highest BCUT2D eigenvalue weighted by atomic mass is 35.5. The number of β-lactam (4-membered cyclic amide) rings is 1. The lowest BCUT2D eigenvalue weighted by atomic mass is 10.0. The molecule has 2 atom stereocenters. The molecule has 2 aromatic rings. The van der Waals surface area contributed by atoms with E-state index in [0.29, 0.717) is 4.90 Å². The van der Waals surface area contributed by atoms with Crippen LogP contribution in [0.15, 0.2) is 21.8 Å². The van der Waals surface area contributed by atoms with E-state index in [0.717, 1.165) is 28.0 Å². The first kappa shape index (κ1) is 32.8. The van der Waals surface area contributed by atoms with Crippen molar-refractivity contribution in [2.75, 3.05) is 18.0 Å². The Labute approximate surface area is 275 Å². The number of thiazole rings is 1. The molecule has 4 heterocycles. The zero-order valence-corrected chi connectivity index (χ0v) is 26.4. The number of nitrogens with one attached hydrogen (secondary N) is 1. The van der Waals surface area contributed by atoms with Gasteiger partial charge in [0.1, 0.15) is 22.8 Å². The lowest BCUT2D eigenvalue weighted by Crippen LogP contribution is -2.71. The Hall–Kier alpha value is -4.59. The van der Waals surface area contributed by atoms with Crippen LogP contribution in [0.3, 0.4) is 0 Å². The molecule has 1 aromatic carbocycles. The van der Waals surface area contributed by atoms with Gasteiger partial charge in [0.05, 0.1) is 27.7 Å². The number of aliphatic carboxylic acids is 2. The number of thioether (sulfide) groups is 1. The van der Waals surface area contributed by atoms with Gasteiger partial charge in [-0.1, -0.05) is 28.4 Å². The molecule has 5 rings (SSSR count). The maximum Gasteiger partial charge on any atom is 0.352 e. The molecule has 1 fully saturated rings. The van der Waals surface area contributed by atoms with Crippen LogP contribution in [0.5, 0.6) is 11.5 Å². The fourth-order valence-corrected chi connectivity index (χ4v) is 6.99. The van der Waals surface area contributed by atoms with Gasteiger partial charge in [-0.05, 0) is 19.4 Å². The van der Waals surface area contributed by atoms with Crippen molar-refractivity contribution in [1.82, 2.24) is 20.1 Å². The second-order valence-corrected chi connectivity index (χ2v) is 13.1. The lowest BCUT2D eigenvalue weighted by Gasteiger charge is -2.49. The van der Waals surface area contributed by atoms with E-state index in [4.69, 9.17) is 33.8 Å². The minimum atomic E-state index is -1.84. The van der Waals surface area contributed by atoms with Gasteiger partial charge in [-0.3, -0.25) is 29.0 Å². The molecule has 0 spiro atoms. The third-order valence-corrected chi connectivity index (χ3v) is 9.74. The largest absolute Gasteiger partial charge is 0.503 e. The summed E-state index contributed by atoms with van der Waals surface area (Å²) in [5.41, 5.74) is 1.73. The van der Waals surface area contributed by atoms with Crippen LogP contribution < -0.4 is 11.1 Å². The van der Waals surface area contributed by atoms with Crippen molar-refractivity contribution >= 4 is 92.7 Å². The molecule has 1 unspecified atom stereocenters. The molecular weight excluding hydrogens is 695 g/mol. The Morgan fingerprint density at radius 1 is 1.13 bits per heavy atom. The Morgan fingerprint density at radius 3 is 2.22 bits per heavy atom. The van der Waals surface area contributed by atoms with Gasteiger partial charge in [-0.15, -0.1) is 23.1 Å². The third kappa shape index (κ3) is 5.23. The minimum Gasteiger partial charge on any atom is -0.503 e. The molecule has 1 saturated heterocycles. The topological polar surface area (TPSA) is 262 Å². The summed E-state index contributed by atoms with van der Waals surface area (Å²) in [6.07, 6.45) is 0. The molecule has 21 heteroatoms. The molecule has 0 aliphatic carbocycles. The maximum atomic E-state index is 13.3. The number of carboxylic acid groups (broad SMARTS) is 2. The van der Waals surface area contributed by atoms with E-state index in [1.165, 1.54) is 19.2 Å². The third-order valence-electron chi connectivity index (χ3n) is 6.99. The number of aromatic hydroxyl groups is 2. The SMILES string of the molecule is CC(C)(O/N=C(\C(=O)NC1C(=O)N2C(C(=O)O)=C(CN3C(=O)c4c(Cl)c(O)c(O)c(Cl)c4C3=O)CS[C@H]12)c1csc(N)n1)C(=O)O. The molecule has 3 aliphatic heterocycles. The standard InChI is InChI=1S/C25H20Cl2N6O11S2/c1-25(2,23(42)43)44-31-12(7-5-46-24(28)29-7)17(36)30-13-20(39)33-14(22(40)41)6(4-45-21(13)33)3-32-18(37)8-9(19(32)38)11(27)16(35)15(34)10(8)26/h5,13,21,34-35H,3-4H2,1-2H3,(H2,28,29)(H,30,36)(H,40,41)(H,42,43)/b31-12-/t13?,21-/m1/s1. The molecule has 4 amide bonds. The number of carbonyl (C=O) groups excluding carboxylic acids is 4. The summed E-state index contributed by atoms with van der Waals surface area (Å²) in [5, 5.41) is 44.7. The monoisotopic (exact) mass is 714 g/mol. The van der Waals surface area contributed by atoms with Crippen LogP contribution in [0.25, 0.3) is 0 Å². The van der Waals surface area contributed by atoms with Crippen LogP contribution in [0, 0.1) is 0 Å². The van der Waals surface area contributed by atoms with Gasteiger partial charge in [0, 0.05) is 11.1 Å². The molecule has 17 nitrogen and oxygen atoms in total. The van der Waals surface area contributed by atoms with E-state index in [2.05, 4.69) is 15.5 Å². The van der Waals surface area contributed by atoms with Crippen molar-refractivity contribution in [1.29, 1.82) is 0 Å². The number of rotatable bonds is 9. The van der Waals surface area contributed by atoms with Gasteiger partial charge < -0.3 is 36.3 Å². The number of halogens is 2. The van der Waals surface area contributed by atoms with E-state index in [9.17, 15) is 49.2 Å². The quantitative estimate of drug-likeness (QED) is 0.0698. The molecule has 46 heavy (non-hydrogen) atoms. The van der Waals surface area contributed by atoms with Crippen molar-refractivity contribution in [3.8, 4) is 11.5 Å². The summed E-state index contributed by atoms with van der Waals surface area (Å²) >= 11 is 14.0. The highest BCUT2D eigenvalue weighted by Crippen LogP contribution is 2.48. The average molecular weight is 716 g/mol. The summed E-state index contributed by atoms with van der Waals surface area (Å²) in [6, 6.07) is -1.27. The van der Waals surface area contributed by atoms with Crippen molar-refractivity contribution in [3.63, 3.8) is 0 Å². The average Bonchev–Trinajstić information content (AvgIpc) is 3.53. The summed E-state index contributed by atoms with van der Waals surface area (Å²) in [5.74, 6) is -8.79. The molecule has 1 aromatic heterocycles. The Bertz CT molecular complexity index is 1790. The summed E-state index contributed by atoms with van der Waals surface area (Å²) in [4.78, 5) is 87.1. The number of nitrogen functional groups attached to an aromatic ring is 1. The minimum absolute atomic E-state index is 0.0217. The lowest BCUT2D eigenvalue weighted by molar-refractivity contribution is -0.161. The Morgan fingerprint density at radius 2 is 1.72 bits per heavy atom. The fourth-order valence-electron chi connectivity index (χ4n) is 4.58. The van der Waals surface area contributed by atoms with E-state index in [1.807, 2.05) is 0 Å². The van der Waals surface area contributed by atoms with Crippen molar-refractivity contribution in [3.05, 3.63) is 43.5 Å². The highest BCUT2D eigenvalue weighted by molar-refractivity contribution is 8.00. The Kier molecular flexibility index (Phi) is 8.30. The maximum absolute atomic E-state index is 13.3. The molecular formula is C25H20Cl2N6O11S2. The number of amides is 4. The van der Waals surface area contributed by atoms with Crippen molar-refractivity contribution in [2.45, 2.75) is 30.9 Å². The van der Waals surface area contributed by atoms with Gasteiger partial charge in [0.2, 0.25) is 5.60 Å². The smallest absolute Gasteiger partial charge is 0.352 e. The number of nitrogens with zero attached hydrogens (tertiary/aromatic N) is 4. The van der Waals surface area contributed by atoms with E-state index >= 15 is 0 Å². The number of carbonyl (C=O) groups is 6. The molecule has 0 radical (unpaired) electrons. The predicted octanol–water partition coefficient (Wildman–Crippen LogP) is 1.06. The van der Waals surface area contributed by atoms with Gasteiger partial charge >= 0.3 is 11.9 Å². The van der Waals surface area contributed by atoms with E-state index < -0.39 is 103 Å². The first-order valence-electron chi connectivity index (χ1n) is 12.7. The Balaban J connectivity index is 1.39. The second-order valence-electron chi connectivity index (χ2n) is 10.3. The zero-order chi connectivity index (χ0) is 34.0. The van der Waals surface area contributed by atoms with Crippen molar-refractivity contribution < 1.29 is 54.0 Å². The first-order valence-corrected chi connectivity index (χ1v) is 15.4. The van der Waals surface area contributed by atoms with E-state index in [-0.39, 0.29) is 22.2 Å². The number of oxime groups is 1. The molecule has 242 valence electrons. The number of imide groups is 1. The number of phenolic OH excluding ortho intramolecular Hbond substituents is 2. The number of hydrogen-bond donors (Lipinski definition) is 6. The van der Waals surface area contributed by atoms with Gasteiger partial charge in [-0.2, -0.15) is 0 Å². The van der Waals surface area contributed by atoms with Crippen LogP contribution in [0.1, 0.15) is 40.3 Å². The second kappa shape index (κ2) is 11.6. The van der Waals surface area contributed by atoms with Gasteiger partial charge in [-0.25, -0.2) is 14.6 Å². The van der Waals surface area contributed by atoms with Crippen molar-refractivity contribution in [2.24, 2.45) is 5.16 Å². The number of nitrogens with two attached hydrogens (primary N) is 1. The summed E-state index contributed by atoms with van der Waals surface area (Å²) in [6.45, 7) is 1.76. The van der Waals surface area contributed by atoms with Crippen LogP contribution in [0.4, 0.5) is 5.13 Å². The van der Waals surface area contributed by atoms with Crippen LogP contribution in [-0.4, -0.2) is 106 Å². The number of aromatic nitrogens is 1. The number of fused-ring (bicyclic) bond motifs is 2. The number of phenols is 2. The summed E-state index contributed by atoms with van der Waals surface area (Å²) in [7, 11) is 0. The normalized spacial score (nSPS) is 19.6.